The van der Waals surface area contributed by atoms with Gasteiger partial charge < -0.3 is 10.1 Å². The molecular formula is C9H15ClN4O2. The summed E-state index contributed by atoms with van der Waals surface area (Å²) in [5.74, 6) is -0.387. The zero-order valence-electron chi connectivity index (χ0n) is 9.10. The van der Waals surface area contributed by atoms with Crippen LogP contribution in [0.3, 0.4) is 0 Å². The van der Waals surface area contributed by atoms with Crippen LogP contribution in [0.15, 0.2) is 0 Å². The van der Waals surface area contributed by atoms with Crippen molar-refractivity contribution in [2.45, 2.75) is 26.4 Å². The molecule has 0 unspecified atom stereocenters. The zero-order valence-corrected chi connectivity index (χ0v) is 9.92. The van der Waals surface area contributed by atoms with Crippen molar-refractivity contribution >= 4 is 18.4 Å². The van der Waals surface area contributed by atoms with Crippen LogP contribution < -0.4 is 5.32 Å². The SMILES string of the molecule is CCOC(=O)c1nnn2c1CNCCC2.Cl. The molecule has 2 heterocycles. The van der Waals surface area contributed by atoms with Crippen molar-refractivity contribution in [3.63, 3.8) is 0 Å². The molecule has 0 saturated carbocycles. The van der Waals surface area contributed by atoms with E-state index in [1.165, 1.54) is 0 Å². The average Bonchev–Trinajstić information content (AvgIpc) is 2.48. The predicted octanol–water partition coefficient (Wildman–Crippen LogP) is 0.370. The van der Waals surface area contributed by atoms with Gasteiger partial charge in [0.25, 0.3) is 0 Å². The highest BCUT2D eigenvalue weighted by atomic mass is 35.5. The standard InChI is InChI=1S/C9H14N4O2.ClH/c1-2-15-9(14)8-7-6-10-4-3-5-13(7)12-11-8;/h10H,2-6H2,1H3;1H. The normalized spacial score (nSPS) is 14.6. The number of halogens is 1. The highest BCUT2D eigenvalue weighted by Gasteiger charge is 2.21. The van der Waals surface area contributed by atoms with Crippen LogP contribution in [0.5, 0.6) is 0 Å². The minimum absolute atomic E-state index is 0. The molecule has 0 atom stereocenters. The topological polar surface area (TPSA) is 69.0 Å². The van der Waals surface area contributed by atoms with Gasteiger partial charge in [-0.1, -0.05) is 5.21 Å². The number of carbonyl (C=O) groups is 1. The van der Waals surface area contributed by atoms with Gasteiger partial charge in [0.2, 0.25) is 0 Å². The fourth-order valence-corrected chi connectivity index (χ4v) is 1.61. The molecule has 90 valence electrons. The van der Waals surface area contributed by atoms with Gasteiger partial charge >= 0.3 is 5.97 Å². The van der Waals surface area contributed by atoms with Crippen molar-refractivity contribution in [3.05, 3.63) is 11.4 Å². The molecule has 0 fully saturated rings. The van der Waals surface area contributed by atoms with Gasteiger partial charge in [-0.3, -0.25) is 0 Å². The van der Waals surface area contributed by atoms with E-state index < -0.39 is 0 Å². The molecule has 0 bridgehead atoms. The van der Waals surface area contributed by atoms with Crippen molar-refractivity contribution in [1.29, 1.82) is 0 Å². The number of carbonyl (C=O) groups excluding carboxylic acids is 1. The van der Waals surface area contributed by atoms with Crippen molar-refractivity contribution < 1.29 is 9.53 Å². The van der Waals surface area contributed by atoms with Crippen LogP contribution in [0.4, 0.5) is 0 Å². The first-order valence-corrected chi connectivity index (χ1v) is 5.13. The lowest BCUT2D eigenvalue weighted by molar-refractivity contribution is 0.0518. The average molecular weight is 247 g/mol. The van der Waals surface area contributed by atoms with Gasteiger partial charge in [-0.2, -0.15) is 0 Å². The highest BCUT2D eigenvalue weighted by Crippen LogP contribution is 2.10. The Hall–Kier alpha value is -1.14. The maximum Gasteiger partial charge on any atom is 0.360 e. The van der Waals surface area contributed by atoms with Crippen molar-refractivity contribution in [2.24, 2.45) is 0 Å². The Bertz CT molecular complexity index is 366. The summed E-state index contributed by atoms with van der Waals surface area (Å²) in [5.41, 5.74) is 1.16. The summed E-state index contributed by atoms with van der Waals surface area (Å²) in [5, 5.41) is 11.0. The van der Waals surface area contributed by atoms with E-state index in [0.717, 1.165) is 25.2 Å². The van der Waals surface area contributed by atoms with Crippen molar-refractivity contribution in [3.8, 4) is 0 Å². The molecule has 0 saturated heterocycles. The summed E-state index contributed by atoms with van der Waals surface area (Å²) in [6.07, 6.45) is 0.999. The van der Waals surface area contributed by atoms with Crippen LogP contribution >= 0.6 is 12.4 Å². The molecule has 0 aromatic carbocycles. The first kappa shape index (κ1) is 12.9. The second kappa shape index (κ2) is 5.81. The summed E-state index contributed by atoms with van der Waals surface area (Å²) in [7, 11) is 0. The van der Waals surface area contributed by atoms with Gasteiger partial charge in [-0.25, -0.2) is 9.48 Å². The van der Waals surface area contributed by atoms with Crippen LogP contribution in [0, 0.1) is 0 Å². The molecule has 1 aliphatic rings. The maximum absolute atomic E-state index is 11.5. The van der Waals surface area contributed by atoms with Gasteiger partial charge in [0.15, 0.2) is 5.69 Å². The van der Waals surface area contributed by atoms with Gasteiger partial charge in [-0.15, -0.1) is 17.5 Å². The quantitative estimate of drug-likeness (QED) is 0.764. The first-order chi connectivity index (χ1) is 7.33. The second-order valence-electron chi connectivity index (χ2n) is 3.36. The van der Waals surface area contributed by atoms with E-state index in [0.29, 0.717) is 18.8 Å². The third-order valence-corrected chi connectivity index (χ3v) is 2.32. The molecule has 0 amide bonds. The van der Waals surface area contributed by atoms with Gasteiger partial charge in [0.05, 0.1) is 12.3 Å². The number of rotatable bonds is 2. The number of hydrogen-bond acceptors (Lipinski definition) is 5. The van der Waals surface area contributed by atoms with Crippen LogP contribution in [-0.4, -0.2) is 34.1 Å². The zero-order chi connectivity index (χ0) is 10.7. The van der Waals surface area contributed by atoms with E-state index in [-0.39, 0.29) is 18.4 Å². The molecule has 16 heavy (non-hydrogen) atoms. The van der Waals surface area contributed by atoms with E-state index in [9.17, 15) is 4.79 Å². The minimum Gasteiger partial charge on any atom is -0.461 e. The number of ether oxygens (including phenoxy) is 1. The van der Waals surface area contributed by atoms with E-state index in [2.05, 4.69) is 15.6 Å². The lowest BCUT2D eigenvalue weighted by Crippen LogP contribution is -2.16. The largest absolute Gasteiger partial charge is 0.461 e. The van der Waals surface area contributed by atoms with E-state index in [4.69, 9.17) is 4.74 Å². The van der Waals surface area contributed by atoms with Gasteiger partial charge in [0, 0.05) is 13.1 Å². The third-order valence-electron chi connectivity index (χ3n) is 2.32. The summed E-state index contributed by atoms with van der Waals surface area (Å²) >= 11 is 0. The maximum atomic E-state index is 11.5. The molecule has 0 radical (unpaired) electrons. The summed E-state index contributed by atoms with van der Waals surface area (Å²) in [4.78, 5) is 11.5. The van der Waals surface area contributed by atoms with Crippen LogP contribution in [0.25, 0.3) is 0 Å². The molecular weight excluding hydrogens is 232 g/mol. The Balaban J connectivity index is 0.00000128. The first-order valence-electron chi connectivity index (χ1n) is 5.13. The molecule has 1 aliphatic heterocycles. The Kier molecular flexibility index (Phi) is 4.70. The van der Waals surface area contributed by atoms with Crippen LogP contribution in [0.2, 0.25) is 0 Å². The number of hydrogen-bond donors (Lipinski definition) is 1. The molecule has 1 N–H and O–H groups in total. The second-order valence-corrected chi connectivity index (χ2v) is 3.36. The molecule has 0 aliphatic carbocycles. The third kappa shape index (κ3) is 2.51. The lowest BCUT2D eigenvalue weighted by atomic mass is 10.3. The number of aryl methyl sites for hydroxylation is 1. The molecule has 2 rings (SSSR count). The lowest BCUT2D eigenvalue weighted by Gasteiger charge is -2.02. The highest BCUT2D eigenvalue weighted by molar-refractivity contribution is 5.88. The van der Waals surface area contributed by atoms with E-state index in [1.54, 1.807) is 11.6 Å². The molecule has 0 spiro atoms. The number of fused-ring (bicyclic) bond motifs is 1. The summed E-state index contributed by atoms with van der Waals surface area (Å²) < 4.78 is 6.68. The number of nitrogens with one attached hydrogen (secondary N) is 1. The Morgan fingerprint density at radius 1 is 1.62 bits per heavy atom. The molecule has 7 heteroatoms. The fraction of sp³-hybridized carbons (Fsp3) is 0.667. The van der Waals surface area contributed by atoms with Gasteiger partial charge in [0.1, 0.15) is 0 Å². The fourth-order valence-electron chi connectivity index (χ4n) is 1.61. The number of esters is 1. The smallest absolute Gasteiger partial charge is 0.360 e. The summed E-state index contributed by atoms with van der Waals surface area (Å²) in [6, 6.07) is 0. The molecule has 6 nitrogen and oxygen atoms in total. The number of aromatic nitrogens is 3. The van der Waals surface area contributed by atoms with Crippen LogP contribution in [0.1, 0.15) is 29.5 Å². The van der Waals surface area contributed by atoms with Crippen LogP contribution in [-0.2, 0) is 17.8 Å². The monoisotopic (exact) mass is 246 g/mol. The Morgan fingerprint density at radius 3 is 3.19 bits per heavy atom. The molecule has 1 aromatic rings. The van der Waals surface area contributed by atoms with Crippen molar-refractivity contribution in [2.75, 3.05) is 13.2 Å². The Morgan fingerprint density at radius 2 is 2.44 bits per heavy atom. The minimum atomic E-state index is -0.387. The van der Waals surface area contributed by atoms with Crippen molar-refractivity contribution in [1.82, 2.24) is 20.3 Å². The predicted molar refractivity (Wildman–Crippen MR) is 59.6 cm³/mol. The Labute approximate surface area is 99.8 Å². The van der Waals surface area contributed by atoms with Gasteiger partial charge in [-0.05, 0) is 19.9 Å². The van der Waals surface area contributed by atoms with E-state index >= 15 is 0 Å². The molecule has 1 aromatic heterocycles. The summed E-state index contributed by atoms with van der Waals surface area (Å²) in [6.45, 7) is 4.50. The number of nitrogens with zero attached hydrogens (tertiary/aromatic N) is 3. The van der Waals surface area contributed by atoms with E-state index in [1.807, 2.05) is 0 Å².